The first kappa shape index (κ1) is 11.3. The van der Waals surface area contributed by atoms with Crippen LogP contribution in [0.25, 0.3) is 11.1 Å². The van der Waals surface area contributed by atoms with Gasteiger partial charge in [0.15, 0.2) is 0 Å². The van der Waals surface area contributed by atoms with Gasteiger partial charge in [0, 0.05) is 10.9 Å². The van der Waals surface area contributed by atoms with Crippen LogP contribution in [0.15, 0.2) is 33.4 Å². The Labute approximate surface area is 103 Å². The molecule has 1 aromatic heterocycles. The molecular weight excluding hydrogens is 295 g/mol. The molecule has 1 heterocycles. The molecular formula is C11H6BrFO2S. The van der Waals surface area contributed by atoms with Crippen LogP contribution >= 0.6 is 27.3 Å². The van der Waals surface area contributed by atoms with Crippen LogP contribution in [0.1, 0.15) is 10.4 Å². The fraction of sp³-hybridized carbons (Fsp3) is 0. The molecule has 0 saturated carbocycles. The average Bonchev–Trinajstić information content (AvgIpc) is 2.60. The maximum atomic E-state index is 13.0. The van der Waals surface area contributed by atoms with E-state index in [0.29, 0.717) is 14.9 Å². The van der Waals surface area contributed by atoms with E-state index in [1.165, 1.54) is 23.5 Å². The molecule has 2 rings (SSSR count). The van der Waals surface area contributed by atoms with Gasteiger partial charge in [0.2, 0.25) is 0 Å². The Hall–Kier alpha value is -1.20. The van der Waals surface area contributed by atoms with E-state index in [4.69, 9.17) is 5.11 Å². The lowest BCUT2D eigenvalue weighted by Gasteiger charge is -2.01. The second-order valence-corrected chi connectivity index (χ2v) is 5.31. The van der Waals surface area contributed by atoms with Crippen molar-refractivity contribution in [2.45, 2.75) is 0 Å². The lowest BCUT2D eigenvalue weighted by molar-refractivity contribution is 0.0697. The van der Waals surface area contributed by atoms with E-state index in [0.717, 1.165) is 0 Å². The molecule has 1 N–H and O–H groups in total. The molecule has 0 spiro atoms. The summed E-state index contributed by atoms with van der Waals surface area (Å²) in [7, 11) is 0. The summed E-state index contributed by atoms with van der Waals surface area (Å²) < 4.78 is 13.6. The van der Waals surface area contributed by atoms with E-state index >= 15 is 0 Å². The fourth-order valence-corrected chi connectivity index (χ4v) is 2.86. The summed E-state index contributed by atoms with van der Waals surface area (Å²) in [6.07, 6.45) is 0. The molecule has 2 aromatic rings. The predicted molar refractivity (Wildman–Crippen MR) is 64.4 cm³/mol. The van der Waals surface area contributed by atoms with Crippen molar-refractivity contribution >= 4 is 33.2 Å². The predicted octanol–water partition coefficient (Wildman–Crippen LogP) is 4.01. The van der Waals surface area contributed by atoms with E-state index in [9.17, 15) is 9.18 Å². The number of aromatic carboxylic acids is 1. The van der Waals surface area contributed by atoms with Crippen LogP contribution in [0.3, 0.4) is 0 Å². The van der Waals surface area contributed by atoms with Crippen LogP contribution in [0, 0.1) is 5.82 Å². The molecule has 2 nitrogen and oxygen atoms in total. The van der Waals surface area contributed by atoms with Gasteiger partial charge in [-0.15, -0.1) is 11.3 Å². The van der Waals surface area contributed by atoms with Gasteiger partial charge in [-0.05, 0) is 33.6 Å². The Kier molecular flexibility index (Phi) is 3.07. The van der Waals surface area contributed by atoms with Crippen LogP contribution in [-0.2, 0) is 0 Å². The number of benzene rings is 1. The SMILES string of the molecule is O=C(O)c1c(-c2cccc(F)c2)csc1Br. The fourth-order valence-electron chi connectivity index (χ4n) is 1.40. The molecule has 0 unspecified atom stereocenters. The molecule has 0 amide bonds. The minimum atomic E-state index is -1.02. The summed E-state index contributed by atoms with van der Waals surface area (Å²) in [4.78, 5) is 11.0. The zero-order valence-corrected chi connectivity index (χ0v) is 10.3. The van der Waals surface area contributed by atoms with Crippen molar-refractivity contribution in [2.75, 3.05) is 0 Å². The smallest absolute Gasteiger partial charge is 0.338 e. The summed E-state index contributed by atoms with van der Waals surface area (Å²) in [6, 6.07) is 5.89. The van der Waals surface area contributed by atoms with Crippen LogP contribution in [0.5, 0.6) is 0 Å². The first-order valence-corrected chi connectivity index (χ1v) is 6.03. The van der Waals surface area contributed by atoms with E-state index in [-0.39, 0.29) is 11.4 Å². The van der Waals surface area contributed by atoms with E-state index < -0.39 is 5.97 Å². The molecule has 82 valence electrons. The summed E-state index contributed by atoms with van der Waals surface area (Å²) in [6.45, 7) is 0. The van der Waals surface area contributed by atoms with Gasteiger partial charge in [-0.3, -0.25) is 0 Å². The number of carbonyl (C=O) groups is 1. The highest BCUT2D eigenvalue weighted by Gasteiger charge is 2.17. The number of carboxylic acids is 1. The Morgan fingerprint density at radius 3 is 2.81 bits per heavy atom. The lowest BCUT2D eigenvalue weighted by atomic mass is 10.0. The topological polar surface area (TPSA) is 37.3 Å². The van der Waals surface area contributed by atoms with Gasteiger partial charge in [0.1, 0.15) is 5.82 Å². The number of hydrogen-bond acceptors (Lipinski definition) is 2. The van der Waals surface area contributed by atoms with Crippen LogP contribution in [0.2, 0.25) is 0 Å². The first-order valence-electron chi connectivity index (χ1n) is 4.36. The van der Waals surface area contributed by atoms with E-state index in [1.807, 2.05) is 0 Å². The molecule has 0 atom stereocenters. The molecule has 0 aliphatic rings. The van der Waals surface area contributed by atoms with Gasteiger partial charge in [-0.25, -0.2) is 9.18 Å². The normalized spacial score (nSPS) is 10.4. The zero-order valence-electron chi connectivity index (χ0n) is 7.91. The largest absolute Gasteiger partial charge is 0.478 e. The van der Waals surface area contributed by atoms with Gasteiger partial charge >= 0.3 is 5.97 Å². The molecule has 0 fully saturated rings. The standard InChI is InChI=1S/C11H6BrFO2S/c12-10-9(11(14)15)8(5-16-10)6-2-1-3-7(13)4-6/h1-5H,(H,14,15). The van der Waals surface area contributed by atoms with Gasteiger partial charge in [0.05, 0.1) is 9.35 Å². The quantitative estimate of drug-likeness (QED) is 0.910. The minimum Gasteiger partial charge on any atom is -0.478 e. The van der Waals surface area contributed by atoms with Gasteiger partial charge in [0.25, 0.3) is 0 Å². The van der Waals surface area contributed by atoms with Crippen LogP contribution in [0.4, 0.5) is 4.39 Å². The van der Waals surface area contributed by atoms with Crippen molar-refractivity contribution in [1.29, 1.82) is 0 Å². The highest BCUT2D eigenvalue weighted by molar-refractivity contribution is 9.11. The maximum Gasteiger partial charge on any atom is 0.338 e. The highest BCUT2D eigenvalue weighted by Crippen LogP contribution is 2.35. The Bertz CT molecular complexity index is 551. The molecule has 0 aliphatic heterocycles. The molecule has 1 aromatic carbocycles. The Morgan fingerprint density at radius 1 is 1.44 bits per heavy atom. The number of thiophene rings is 1. The van der Waals surface area contributed by atoms with Gasteiger partial charge in [-0.1, -0.05) is 12.1 Å². The summed E-state index contributed by atoms with van der Waals surface area (Å²) in [5, 5.41) is 10.7. The molecule has 16 heavy (non-hydrogen) atoms. The Morgan fingerprint density at radius 2 is 2.19 bits per heavy atom. The maximum absolute atomic E-state index is 13.0. The van der Waals surface area contributed by atoms with Crippen LogP contribution < -0.4 is 0 Å². The van der Waals surface area contributed by atoms with Crippen LogP contribution in [-0.4, -0.2) is 11.1 Å². The number of halogens is 2. The molecule has 0 bridgehead atoms. The number of rotatable bonds is 2. The van der Waals surface area contributed by atoms with Crippen molar-refractivity contribution < 1.29 is 14.3 Å². The summed E-state index contributed by atoms with van der Waals surface area (Å²) >= 11 is 4.45. The molecule has 0 saturated heterocycles. The average molecular weight is 301 g/mol. The molecule has 0 radical (unpaired) electrons. The summed E-state index contributed by atoms with van der Waals surface area (Å²) in [5.74, 6) is -1.40. The number of carboxylic acid groups (broad SMARTS) is 1. The second-order valence-electron chi connectivity index (χ2n) is 3.11. The highest BCUT2D eigenvalue weighted by atomic mass is 79.9. The van der Waals surface area contributed by atoms with Crippen molar-refractivity contribution in [1.82, 2.24) is 0 Å². The van der Waals surface area contributed by atoms with Crippen molar-refractivity contribution in [3.05, 3.63) is 44.8 Å². The second kappa shape index (κ2) is 4.35. The van der Waals surface area contributed by atoms with E-state index in [2.05, 4.69) is 15.9 Å². The molecule has 5 heteroatoms. The van der Waals surface area contributed by atoms with Crippen molar-refractivity contribution in [2.24, 2.45) is 0 Å². The van der Waals surface area contributed by atoms with Gasteiger partial charge < -0.3 is 5.11 Å². The summed E-state index contributed by atoms with van der Waals surface area (Å²) in [5.41, 5.74) is 1.28. The minimum absolute atomic E-state index is 0.176. The molecule has 0 aliphatic carbocycles. The third-order valence-electron chi connectivity index (χ3n) is 2.10. The number of hydrogen-bond donors (Lipinski definition) is 1. The van der Waals surface area contributed by atoms with Crippen molar-refractivity contribution in [3.63, 3.8) is 0 Å². The third-order valence-corrected chi connectivity index (χ3v) is 3.82. The zero-order chi connectivity index (χ0) is 11.7. The lowest BCUT2D eigenvalue weighted by Crippen LogP contribution is -1.97. The Balaban J connectivity index is 2.60. The van der Waals surface area contributed by atoms with Crippen molar-refractivity contribution in [3.8, 4) is 11.1 Å². The van der Waals surface area contributed by atoms with Gasteiger partial charge in [-0.2, -0.15) is 0 Å². The first-order chi connectivity index (χ1) is 7.59. The monoisotopic (exact) mass is 300 g/mol. The third kappa shape index (κ3) is 2.01. The van der Waals surface area contributed by atoms with E-state index in [1.54, 1.807) is 17.5 Å².